The largest absolute Gasteiger partial charge is 0.497 e. The minimum atomic E-state index is -0.378. The van der Waals surface area contributed by atoms with Crippen molar-refractivity contribution in [2.45, 2.75) is 63.6 Å². The molecule has 0 radical (unpaired) electrons. The van der Waals surface area contributed by atoms with Crippen molar-refractivity contribution in [2.24, 2.45) is 11.7 Å². The number of nitrogens with one attached hydrogen (secondary N) is 2. The zero-order valence-electron chi connectivity index (χ0n) is 24.7. The third-order valence-electron chi connectivity index (χ3n) is 8.72. The highest BCUT2D eigenvalue weighted by Crippen LogP contribution is 2.28. The first-order valence-electron chi connectivity index (χ1n) is 15.3. The number of hydrogen-bond donors (Lipinski definition) is 3. The predicted molar refractivity (Wildman–Crippen MR) is 169 cm³/mol. The maximum Gasteiger partial charge on any atom is 0.225 e. The molecule has 5 aromatic rings. The van der Waals surface area contributed by atoms with Crippen molar-refractivity contribution in [3.8, 4) is 5.75 Å². The smallest absolute Gasteiger partial charge is 0.225 e. The molecular weight excluding hydrogens is 536 g/mol. The maximum absolute atomic E-state index is 13.8. The van der Waals surface area contributed by atoms with Crippen LogP contribution in [0.15, 0.2) is 85.1 Å². The Hall–Kier alpha value is -4.43. The number of benzene rings is 3. The van der Waals surface area contributed by atoms with Crippen LogP contribution in [-0.4, -0.2) is 38.8 Å². The second-order valence-corrected chi connectivity index (χ2v) is 11.6. The molecule has 222 valence electrons. The number of aryl methyl sites for hydroxylation is 2. The van der Waals surface area contributed by atoms with E-state index >= 15 is 0 Å². The van der Waals surface area contributed by atoms with Crippen molar-refractivity contribution in [3.05, 3.63) is 113 Å². The van der Waals surface area contributed by atoms with Crippen molar-refractivity contribution in [3.63, 3.8) is 0 Å². The minimum absolute atomic E-state index is 0.00174. The SMILES string of the molecule is COc1ccc(Cn2c(CCc3ccccc3)nnc2[C@@H](Cc2c[nH]c3ccccc23)NC(=O)C2CCCC[C@H]2N)cc1. The summed E-state index contributed by atoms with van der Waals surface area (Å²) in [6.45, 7) is 0.583. The Morgan fingerprint density at radius 2 is 1.74 bits per heavy atom. The molecule has 0 saturated heterocycles. The van der Waals surface area contributed by atoms with Crippen molar-refractivity contribution in [2.75, 3.05) is 7.11 Å². The number of H-pyrrole nitrogens is 1. The highest BCUT2D eigenvalue weighted by atomic mass is 16.5. The van der Waals surface area contributed by atoms with Gasteiger partial charge in [0.15, 0.2) is 5.82 Å². The Morgan fingerprint density at radius 1 is 0.977 bits per heavy atom. The normalized spacial score (nSPS) is 17.5. The predicted octanol–water partition coefficient (Wildman–Crippen LogP) is 5.52. The molecular formula is C35H40N6O2. The number of aromatic nitrogens is 4. The number of ether oxygens (including phenoxy) is 1. The second kappa shape index (κ2) is 13.3. The monoisotopic (exact) mass is 576 g/mol. The fourth-order valence-electron chi connectivity index (χ4n) is 6.27. The second-order valence-electron chi connectivity index (χ2n) is 11.6. The molecule has 43 heavy (non-hydrogen) atoms. The third-order valence-corrected chi connectivity index (χ3v) is 8.72. The highest BCUT2D eigenvalue weighted by Gasteiger charge is 2.32. The summed E-state index contributed by atoms with van der Waals surface area (Å²) in [6.07, 6.45) is 7.98. The molecule has 2 aromatic heterocycles. The lowest BCUT2D eigenvalue weighted by Crippen LogP contribution is -2.45. The Bertz CT molecular complexity index is 1640. The molecule has 1 fully saturated rings. The number of amides is 1. The average Bonchev–Trinajstić information content (AvgIpc) is 3.64. The number of carbonyl (C=O) groups is 1. The summed E-state index contributed by atoms with van der Waals surface area (Å²) in [6, 6.07) is 26.3. The zero-order valence-corrected chi connectivity index (χ0v) is 24.7. The van der Waals surface area contributed by atoms with E-state index in [4.69, 9.17) is 20.7 Å². The first-order valence-corrected chi connectivity index (χ1v) is 15.3. The number of methoxy groups -OCH3 is 1. The zero-order chi connectivity index (χ0) is 29.6. The van der Waals surface area contributed by atoms with Crippen LogP contribution in [-0.2, 0) is 30.6 Å². The van der Waals surface area contributed by atoms with E-state index in [1.54, 1.807) is 7.11 Å². The number of para-hydroxylation sites is 1. The molecule has 6 rings (SSSR count). The molecule has 1 aliphatic carbocycles. The van der Waals surface area contributed by atoms with Crippen LogP contribution < -0.4 is 15.8 Å². The molecule has 1 aliphatic rings. The van der Waals surface area contributed by atoms with Crippen LogP contribution in [0.1, 0.15) is 60.1 Å². The lowest BCUT2D eigenvalue weighted by Gasteiger charge is -2.29. The molecule has 1 amide bonds. The molecule has 0 aliphatic heterocycles. The fourth-order valence-corrected chi connectivity index (χ4v) is 6.27. The number of fused-ring (bicyclic) bond motifs is 1. The summed E-state index contributed by atoms with van der Waals surface area (Å²) in [4.78, 5) is 17.2. The van der Waals surface area contributed by atoms with Crippen molar-refractivity contribution in [1.82, 2.24) is 25.1 Å². The van der Waals surface area contributed by atoms with Crippen LogP contribution in [0.25, 0.3) is 10.9 Å². The Kier molecular flexibility index (Phi) is 8.84. The van der Waals surface area contributed by atoms with Gasteiger partial charge in [0, 0.05) is 36.0 Å². The molecule has 3 aromatic carbocycles. The summed E-state index contributed by atoms with van der Waals surface area (Å²) in [5.74, 6) is 2.26. The molecule has 4 N–H and O–H groups in total. The topological polar surface area (TPSA) is 111 Å². The molecule has 8 nitrogen and oxygen atoms in total. The van der Waals surface area contributed by atoms with Gasteiger partial charge in [0.25, 0.3) is 0 Å². The lowest BCUT2D eigenvalue weighted by molar-refractivity contribution is -0.127. The molecule has 8 heteroatoms. The van der Waals surface area contributed by atoms with E-state index in [2.05, 4.69) is 63.4 Å². The van der Waals surface area contributed by atoms with Crippen LogP contribution in [0.5, 0.6) is 5.75 Å². The summed E-state index contributed by atoms with van der Waals surface area (Å²) >= 11 is 0. The molecule has 0 spiro atoms. The van der Waals surface area contributed by atoms with Crippen LogP contribution >= 0.6 is 0 Å². The Labute approximate surface area is 252 Å². The van der Waals surface area contributed by atoms with Gasteiger partial charge in [0.1, 0.15) is 11.6 Å². The fraction of sp³-hybridized carbons (Fsp3) is 0.343. The summed E-state index contributed by atoms with van der Waals surface area (Å²) in [7, 11) is 1.67. The van der Waals surface area contributed by atoms with Gasteiger partial charge in [-0.05, 0) is 54.2 Å². The molecule has 1 saturated carbocycles. The quantitative estimate of drug-likeness (QED) is 0.192. The number of aromatic amines is 1. The summed E-state index contributed by atoms with van der Waals surface area (Å²) in [5, 5.41) is 14.0. The first-order chi connectivity index (χ1) is 21.1. The number of rotatable bonds is 11. The van der Waals surface area contributed by atoms with E-state index in [9.17, 15) is 4.79 Å². The van der Waals surface area contributed by atoms with Gasteiger partial charge < -0.3 is 25.3 Å². The van der Waals surface area contributed by atoms with Crippen molar-refractivity contribution >= 4 is 16.8 Å². The van der Waals surface area contributed by atoms with Gasteiger partial charge >= 0.3 is 0 Å². The number of hydrogen-bond acceptors (Lipinski definition) is 5. The van der Waals surface area contributed by atoms with Gasteiger partial charge in [-0.3, -0.25) is 4.79 Å². The molecule has 2 heterocycles. The van der Waals surface area contributed by atoms with Gasteiger partial charge in [-0.2, -0.15) is 0 Å². The lowest BCUT2D eigenvalue weighted by atomic mass is 9.84. The van der Waals surface area contributed by atoms with Gasteiger partial charge in [0.05, 0.1) is 25.6 Å². The Morgan fingerprint density at radius 3 is 2.53 bits per heavy atom. The summed E-state index contributed by atoms with van der Waals surface area (Å²) in [5.41, 5.74) is 11.0. The number of nitrogens with two attached hydrogens (primary N) is 1. The Balaban J connectivity index is 1.36. The molecule has 0 bridgehead atoms. The minimum Gasteiger partial charge on any atom is -0.497 e. The van der Waals surface area contributed by atoms with E-state index in [1.165, 1.54) is 5.56 Å². The van der Waals surface area contributed by atoms with E-state index in [1.807, 2.05) is 36.5 Å². The first kappa shape index (κ1) is 28.7. The van der Waals surface area contributed by atoms with E-state index in [-0.39, 0.29) is 23.9 Å². The van der Waals surface area contributed by atoms with Gasteiger partial charge in [-0.25, -0.2) is 0 Å². The van der Waals surface area contributed by atoms with Crippen LogP contribution in [0, 0.1) is 5.92 Å². The maximum atomic E-state index is 13.8. The summed E-state index contributed by atoms with van der Waals surface area (Å²) < 4.78 is 7.58. The van der Waals surface area contributed by atoms with Crippen molar-refractivity contribution < 1.29 is 9.53 Å². The van der Waals surface area contributed by atoms with E-state index in [0.29, 0.717) is 13.0 Å². The van der Waals surface area contributed by atoms with Gasteiger partial charge in [-0.15, -0.1) is 10.2 Å². The van der Waals surface area contributed by atoms with E-state index < -0.39 is 0 Å². The van der Waals surface area contributed by atoms with Gasteiger partial charge in [-0.1, -0.05) is 73.5 Å². The average molecular weight is 577 g/mol. The molecule has 3 atom stereocenters. The van der Waals surface area contributed by atoms with Crippen LogP contribution in [0.2, 0.25) is 0 Å². The molecule has 1 unspecified atom stereocenters. The number of carbonyl (C=O) groups excluding carboxylic acids is 1. The van der Waals surface area contributed by atoms with E-state index in [0.717, 1.165) is 78.0 Å². The highest BCUT2D eigenvalue weighted by molar-refractivity contribution is 5.83. The van der Waals surface area contributed by atoms with Crippen LogP contribution in [0.4, 0.5) is 0 Å². The third kappa shape index (κ3) is 6.65. The van der Waals surface area contributed by atoms with Crippen molar-refractivity contribution in [1.29, 1.82) is 0 Å². The van der Waals surface area contributed by atoms with Crippen LogP contribution in [0.3, 0.4) is 0 Å². The number of nitrogens with zero attached hydrogens (tertiary/aromatic N) is 3. The van der Waals surface area contributed by atoms with Gasteiger partial charge in [0.2, 0.25) is 5.91 Å². The standard InChI is InChI=1S/C35H40N6O2/c1-43-27-18-15-25(16-19-27)23-41-33(20-17-24-9-3-2-4-10-24)39-40-34(41)32(38-35(42)29-12-5-7-13-30(29)36)21-26-22-37-31-14-8-6-11-28(26)31/h2-4,6,8-11,14-16,18-19,22,29-30,32,37H,5,7,12-13,17,20-21,23,36H2,1H3,(H,38,42)/t29?,30-,32-/m1/s1.